The average molecular weight is 523 g/mol. The summed E-state index contributed by atoms with van der Waals surface area (Å²) < 4.78 is 47.1. The van der Waals surface area contributed by atoms with Crippen molar-refractivity contribution in [3.63, 3.8) is 0 Å². The van der Waals surface area contributed by atoms with Gasteiger partial charge < -0.3 is 19.2 Å². The third-order valence-electron chi connectivity index (χ3n) is 6.43. The van der Waals surface area contributed by atoms with E-state index in [2.05, 4.69) is 5.32 Å². The van der Waals surface area contributed by atoms with Gasteiger partial charge in [-0.15, -0.1) is 0 Å². The van der Waals surface area contributed by atoms with Gasteiger partial charge in [-0.2, -0.15) is 13.2 Å². The molecule has 7 nitrogen and oxygen atoms in total. The molecule has 4 aromatic rings. The molecule has 0 saturated heterocycles. The number of nitrogens with one attached hydrogen (secondary N) is 1. The van der Waals surface area contributed by atoms with E-state index in [1.165, 1.54) is 23.3 Å². The summed E-state index contributed by atoms with van der Waals surface area (Å²) in [4.78, 5) is 30.0. The molecule has 0 aliphatic carbocycles. The maximum Gasteiger partial charge on any atom is 0.416 e. The first kappa shape index (κ1) is 25.2. The van der Waals surface area contributed by atoms with E-state index >= 15 is 0 Å². The molecular formula is C28H25F3N4O3. The van der Waals surface area contributed by atoms with E-state index in [4.69, 9.17) is 4.42 Å². The van der Waals surface area contributed by atoms with Gasteiger partial charge in [0, 0.05) is 17.9 Å². The highest BCUT2D eigenvalue weighted by Crippen LogP contribution is 2.42. The van der Waals surface area contributed by atoms with E-state index in [0.29, 0.717) is 11.4 Å². The number of alkyl halides is 3. The fourth-order valence-electron chi connectivity index (χ4n) is 4.66. The lowest BCUT2D eigenvalue weighted by Gasteiger charge is -2.38. The lowest BCUT2D eigenvalue weighted by atomic mass is 10.0. The minimum Gasteiger partial charge on any atom is -0.467 e. The van der Waals surface area contributed by atoms with Crippen LogP contribution >= 0.6 is 0 Å². The largest absolute Gasteiger partial charge is 0.467 e. The van der Waals surface area contributed by atoms with Crippen LogP contribution in [0.2, 0.25) is 0 Å². The van der Waals surface area contributed by atoms with Crippen molar-refractivity contribution in [3.8, 4) is 5.69 Å². The molecule has 2 aromatic carbocycles. The molecule has 0 spiro atoms. The summed E-state index contributed by atoms with van der Waals surface area (Å²) in [5.74, 6) is 0.177. The van der Waals surface area contributed by atoms with E-state index in [0.717, 1.165) is 23.5 Å². The molecule has 1 aliphatic rings. The van der Waals surface area contributed by atoms with E-state index in [1.807, 2.05) is 47.2 Å². The summed E-state index contributed by atoms with van der Waals surface area (Å²) in [6.45, 7) is 3.16. The highest BCUT2D eigenvalue weighted by atomic mass is 19.4. The van der Waals surface area contributed by atoms with Gasteiger partial charge in [0.25, 0.3) is 0 Å². The Bertz CT molecular complexity index is 1460. The number of amides is 3. The Morgan fingerprint density at radius 3 is 2.45 bits per heavy atom. The van der Waals surface area contributed by atoms with Crippen molar-refractivity contribution in [2.24, 2.45) is 0 Å². The number of carbonyl (C=O) groups excluding carboxylic acids is 2. The number of halogens is 3. The number of para-hydroxylation sites is 2. The van der Waals surface area contributed by atoms with Crippen molar-refractivity contribution in [3.05, 3.63) is 102 Å². The van der Waals surface area contributed by atoms with Crippen LogP contribution in [0.5, 0.6) is 0 Å². The summed E-state index contributed by atoms with van der Waals surface area (Å²) in [7, 11) is 0. The second-order valence-corrected chi connectivity index (χ2v) is 9.20. The molecule has 10 heteroatoms. The summed E-state index contributed by atoms with van der Waals surface area (Å²) >= 11 is 0. The molecule has 3 amide bonds. The average Bonchev–Trinajstić information content (AvgIpc) is 3.58. The molecule has 1 N–H and O–H groups in total. The zero-order chi connectivity index (χ0) is 27.0. The quantitative estimate of drug-likeness (QED) is 0.327. The Labute approximate surface area is 217 Å². The summed E-state index contributed by atoms with van der Waals surface area (Å²) in [6.07, 6.45) is -1.10. The molecule has 0 bridgehead atoms. The standard InChI is InChI=1S/C28H25F3N4O3/c1-18(2)34(27(37)32-20-9-5-8-19(16-20)28(29,30)31)17-25(36)35-22-11-4-3-10-21(22)33-14-6-12-23(33)26(35)24-13-7-15-38-24/h3-16,18,26H,17H2,1-2H3,(H,32,37). The molecule has 1 aliphatic heterocycles. The Hall–Kier alpha value is -4.47. The minimum atomic E-state index is -4.55. The zero-order valence-electron chi connectivity index (χ0n) is 20.6. The Morgan fingerprint density at radius 2 is 1.76 bits per heavy atom. The van der Waals surface area contributed by atoms with Crippen molar-refractivity contribution in [1.29, 1.82) is 0 Å². The van der Waals surface area contributed by atoms with Crippen LogP contribution in [0.15, 0.2) is 89.7 Å². The zero-order valence-corrected chi connectivity index (χ0v) is 20.6. The number of benzene rings is 2. The number of anilines is 2. The number of urea groups is 1. The molecule has 5 rings (SSSR count). The van der Waals surface area contributed by atoms with Crippen LogP contribution in [0.3, 0.4) is 0 Å². The van der Waals surface area contributed by atoms with Crippen molar-refractivity contribution in [1.82, 2.24) is 9.47 Å². The highest BCUT2D eigenvalue weighted by Gasteiger charge is 2.39. The fraction of sp³-hybridized carbons (Fsp3) is 0.214. The van der Waals surface area contributed by atoms with E-state index < -0.39 is 29.9 Å². The third-order valence-corrected chi connectivity index (χ3v) is 6.43. The number of rotatable bonds is 5. The van der Waals surface area contributed by atoms with Gasteiger partial charge in [0.05, 0.1) is 28.9 Å². The van der Waals surface area contributed by atoms with Crippen molar-refractivity contribution in [2.45, 2.75) is 32.1 Å². The first-order chi connectivity index (χ1) is 18.1. The molecule has 0 saturated carbocycles. The van der Waals surface area contributed by atoms with Crippen molar-refractivity contribution < 1.29 is 27.2 Å². The van der Waals surface area contributed by atoms with Gasteiger partial charge in [-0.3, -0.25) is 9.69 Å². The van der Waals surface area contributed by atoms with E-state index in [1.54, 1.807) is 30.9 Å². The molecular weight excluding hydrogens is 497 g/mol. The van der Waals surface area contributed by atoms with Crippen LogP contribution in [0.1, 0.15) is 36.9 Å². The van der Waals surface area contributed by atoms with Gasteiger partial charge in [0.1, 0.15) is 18.3 Å². The number of nitrogens with zero attached hydrogens (tertiary/aromatic N) is 3. The van der Waals surface area contributed by atoms with Gasteiger partial charge in [-0.1, -0.05) is 18.2 Å². The smallest absolute Gasteiger partial charge is 0.416 e. The number of hydrogen-bond acceptors (Lipinski definition) is 3. The van der Waals surface area contributed by atoms with Crippen LogP contribution in [0.4, 0.5) is 29.3 Å². The monoisotopic (exact) mass is 522 g/mol. The number of aromatic nitrogens is 1. The third kappa shape index (κ3) is 4.65. The van der Waals surface area contributed by atoms with Crippen LogP contribution < -0.4 is 10.2 Å². The number of carbonyl (C=O) groups is 2. The molecule has 1 atom stereocenters. The van der Waals surface area contributed by atoms with E-state index in [-0.39, 0.29) is 18.1 Å². The predicted octanol–water partition coefficient (Wildman–Crippen LogP) is 6.47. The molecule has 1 unspecified atom stereocenters. The van der Waals surface area contributed by atoms with Crippen LogP contribution in [0, 0.1) is 0 Å². The summed E-state index contributed by atoms with van der Waals surface area (Å²) in [6, 6.07) is 17.5. The molecule has 196 valence electrons. The molecule has 3 heterocycles. The molecule has 0 radical (unpaired) electrons. The van der Waals surface area contributed by atoms with Gasteiger partial charge in [-0.05, 0) is 68.4 Å². The Balaban J connectivity index is 1.46. The maximum atomic E-state index is 14.0. The van der Waals surface area contributed by atoms with E-state index in [9.17, 15) is 22.8 Å². The fourth-order valence-corrected chi connectivity index (χ4v) is 4.66. The second-order valence-electron chi connectivity index (χ2n) is 9.20. The van der Waals surface area contributed by atoms with Crippen molar-refractivity contribution >= 4 is 23.3 Å². The number of furan rings is 1. The first-order valence-corrected chi connectivity index (χ1v) is 12.0. The highest BCUT2D eigenvalue weighted by molar-refractivity contribution is 6.01. The summed E-state index contributed by atoms with van der Waals surface area (Å²) in [5, 5.41) is 2.51. The van der Waals surface area contributed by atoms with Crippen molar-refractivity contribution in [2.75, 3.05) is 16.8 Å². The Kier molecular flexibility index (Phi) is 6.48. The normalized spacial score (nSPS) is 14.7. The molecule has 0 fully saturated rings. The van der Waals surface area contributed by atoms with Gasteiger partial charge in [0.2, 0.25) is 5.91 Å². The molecule has 2 aromatic heterocycles. The summed E-state index contributed by atoms with van der Waals surface area (Å²) in [5.41, 5.74) is 1.36. The van der Waals surface area contributed by atoms with Crippen LogP contribution in [0.25, 0.3) is 5.69 Å². The lowest BCUT2D eigenvalue weighted by Crippen LogP contribution is -2.49. The minimum absolute atomic E-state index is 0.0162. The van der Waals surface area contributed by atoms with Gasteiger partial charge in [0.15, 0.2) is 0 Å². The number of hydrogen-bond donors (Lipinski definition) is 1. The Morgan fingerprint density at radius 1 is 1.00 bits per heavy atom. The van der Waals surface area contributed by atoms with Gasteiger partial charge in [-0.25, -0.2) is 4.79 Å². The SMILES string of the molecule is CC(C)N(CC(=O)N1c2ccccc2-n2cccc2C1c1ccco1)C(=O)Nc1cccc(C(F)(F)F)c1. The second kappa shape index (κ2) is 9.77. The van der Waals surface area contributed by atoms with Crippen LogP contribution in [-0.4, -0.2) is 34.0 Å². The topological polar surface area (TPSA) is 70.7 Å². The van der Waals surface area contributed by atoms with Gasteiger partial charge >= 0.3 is 12.2 Å². The molecule has 38 heavy (non-hydrogen) atoms. The first-order valence-electron chi connectivity index (χ1n) is 12.0. The van der Waals surface area contributed by atoms with Crippen LogP contribution in [-0.2, 0) is 11.0 Å². The number of fused-ring (bicyclic) bond motifs is 3. The predicted molar refractivity (Wildman–Crippen MR) is 136 cm³/mol. The lowest BCUT2D eigenvalue weighted by molar-refractivity contribution is -0.137. The maximum absolute atomic E-state index is 14.0.